The second-order valence-corrected chi connectivity index (χ2v) is 11.0. The molecule has 9 nitrogen and oxygen atoms in total. The van der Waals surface area contributed by atoms with Crippen LogP contribution >= 0.6 is 11.6 Å². The number of anilines is 1. The molecule has 3 N–H and O–H groups in total. The van der Waals surface area contributed by atoms with Crippen LogP contribution in [0, 0.1) is 5.82 Å². The van der Waals surface area contributed by atoms with Gasteiger partial charge in [0.2, 0.25) is 5.91 Å². The lowest BCUT2D eigenvalue weighted by Gasteiger charge is -2.35. The van der Waals surface area contributed by atoms with Crippen LogP contribution in [0.3, 0.4) is 0 Å². The van der Waals surface area contributed by atoms with Crippen LogP contribution < -0.4 is 16.0 Å². The molecule has 1 fully saturated rings. The summed E-state index contributed by atoms with van der Waals surface area (Å²) in [4.78, 5) is 33.0. The fourth-order valence-corrected chi connectivity index (χ4v) is 5.12. The molecule has 2 aromatic carbocycles. The van der Waals surface area contributed by atoms with Gasteiger partial charge in [0.05, 0.1) is 24.2 Å². The predicted molar refractivity (Wildman–Crippen MR) is 160 cm³/mol. The van der Waals surface area contributed by atoms with Crippen LogP contribution in [-0.4, -0.2) is 91.4 Å². The van der Waals surface area contributed by atoms with E-state index in [0.29, 0.717) is 56.9 Å². The Balaban J connectivity index is 1.26. The van der Waals surface area contributed by atoms with Gasteiger partial charge in [-0.25, -0.2) is 14.2 Å². The fourth-order valence-electron chi connectivity index (χ4n) is 4.93. The number of benzene rings is 2. The highest BCUT2D eigenvalue weighted by molar-refractivity contribution is 6.31. The van der Waals surface area contributed by atoms with Gasteiger partial charge in [-0.1, -0.05) is 48.0 Å². The van der Waals surface area contributed by atoms with Crippen LogP contribution in [0.2, 0.25) is 5.02 Å². The van der Waals surface area contributed by atoms with Gasteiger partial charge < -0.3 is 20.3 Å². The zero-order valence-electron chi connectivity index (χ0n) is 24.0. The first-order valence-electron chi connectivity index (χ1n) is 14.3. The molecule has 0 aliphatic carbocycles. The zero-order chi connectivity index (χ0) is 31.5. The molecule has 2 heterocycles. The highest BCUT2D eigenvalue weighted by Gasteiger charge is 2.32. The van der Waals surface area contributed by atoms with E-state index in [1.807, 2.05) is 24.3 Å². The maximum atomic E-state index is 13.7. The maximum absolute atomic E-state index is 13.7. The molecule has 3 aromatic rings. The average Bonchev–Trinajstić information content (AvgIpc) is 2.98. The molecule has 4 rings (SSSR count). The van der Waals surface area contributed by atoms with Gasteiger partial charge in [-0.05, 0) is 42.5 Å². The van der Waals surface area contributed by atoms with Gasteiger partial charge in [0.15, 0.2) is 0 Å². The predicted octanol–water partition coefficient (Wildman–Crippen LogP) is 4.81. The Morgan fingerprint density at radius 1 is 1.02 bits per heavy atom. The number of nitrogens with zero attached hydrogens (tertiary/aromatic N) is 3. The number of fused-ring (bicyclic) bond motifs is 1. The third kappa shape index (κ3) is 10.9. The number of nitrogens with one attached hydrogen (secondary N) is 3. The van der Waals surface area contributed by atoms with Crippen molar-refractivity contribution in [1.82, 2.24) is 25.4 Å². The molecule has 1 aliphatic rings. The van der Waals surface area contributed by atoms with Crippen LogP contribution in [0.25, 0.3) is 10.8 Å². The highest BCUT2D eigenvalue weighted by atomic mass is 35.5. The Kier molecular flexibility index (Phi) is 12.1. The Labute approximate surface area is 257 Å². The molecule has 1 saturated heterocycles. The number of piperazine rings is 1. The lowest BCUT2D eigenvalue weighted by Crippen LogP contribution is -2.49. The van der Waals surface area contributed by atoms with E-state index < -0.39 is 30.7 Å². The van der Waals surface area contributed by atoms with Crippen molar-refractivity contribution in [2.45, 2.75) is 31.6 Å². The molecule has 238 valence electrons. The molecule has 1 aromatic heterocycles. The number of carbonyl (C=O) groups excluding carboxylic acids is 2. The van der Waals surface area contributed by atoms with Crippen LogP contribution in [0.15, 0.2) is 54.7 Å². The SMILES string of the molecule is O=C(CNCc1cccc(F)c1Cl)N[C@@H](CCCN1CCN(CC(F)(F)F)CC1)COC(=O)Nc1cc2ccccc2cn1. The van der Waals surface area contributed by atoms with Gasteiger partial charge in [0, 0.05) is 44.3 Å². The van der Waals surface area contributed by atoms with Gasteiger partial charge in [-0.3, -0.25) is 15.0 Å². The second-order valence-electron chi connectivity index (χ2n) is 10.6. The summed E-state index contributed by atoms with van der Waals surface area (Å²) in [5, 5.41) is 10.2. The van der Waals surface area contributed by atoms with E-state index >= 15 is 0 Å². The molecule has 0 radical (unpaired) electrons. The Bertz CT molecular complexity index is 1400. The summed E-state index contributed by atoms with van der Waals surface area (Å²) in [6, 6.07) is 13.2. The van der Waals surface area contributed by atoms with Crippen molar-refractivity contribution >= 4 is 40.2 Å². The molecule has 0 saturated carbocycles. The van der Waals surface area contributed by atoms with E-state index in [9.17, 15) is 27.2 Å². The van der Waals surface area contributed by atoms with Gasteiger partial charge >= 0.3 is 12.3 Å². The summed E-state index contributed by atoms with van der Waals surface area (Å²) in [6.45, 7) is 1.36. The summed E-state index contributed by atoms with van der Waals surface area (Å²) in [5.41, 5.74) is 0.508. The number of ether oxygens (including phenoxy) is 1. The number of hydrogen-bond donors (Lipinski definition) is 3. The first-order chi connectivity index (χ1) is 21.1. The van der Waals surface area contributed by atoms with Gasteiger partial charge in [-0.2, -0.15) is 13.2 Å². The van der Waals surface area contributed by atoms with Crippen molar-refractivity contribution in [2.24, 2.45) is 0 Å². The molecule has 1 atom stereocenters. The number of hydrogen-bond acceptors (Lipinski definition) is 7. The minimum absolute atomic E-state index is 0.0159. The molecule has 1 aliphatic heterocycles. The monoisotopic (exact) mass is 638 g/mol. The molecule has 0 unspecified atom stereocenters. The molecular formula is C30H35ClF4N6O3. The van der Waals surface area contributed by atoms with Crippen molar-refractivity contribution in [3.05, 3.63) is 71.1 Å². The first-order valence-corrected chi connectivity index (χ1v) is 14.7. The van der Waals surface area contributed by atoms with Crippen molar-refractivity contribution in [2.75, 3.05) is 57.7 Å². The van der Waals surface area contributed by atoms with Gasteiger partial charge in [0.1, 0.15) is 18.2 Å². The van der Waals surface area contributed by atoms with Crippen LogP contribution in [0.5, 0.6) is 0 Å². The normalized spacial score (nSPS) is 15.2. The lowest BCUT2D eigenvalue weighted by molar-refractivity contribution is -0.149. The van der Waals surface area contributed by atoms with Gasteiger partial charge in [-0.15, -0.1) is 0 Å². The molecule has 0 spiro atoms. The maximum Gasteiger partial charge on any atom is 0.412 e. The molecule has 14 heteroatoms. The lowest BCUT2D eigenvalue weighted by atomic mass is 10.1. The third-order valence-electron chi connectivity index (χ3n) is 7.17. The Morgan fingerprint density at radius 3 is 2.50 bits per heavy atom. The average molecular weight is 639 g/mol. The number of alkyl halides is 3. The minimum atomic E-state index is -4.22. The number of rotatable bonds is 13. The zero-order valence-corrected chi connectivity index (χ0v) is 24.8. The van der Waals surface area contributed by atoms with Gasteiger partial charge in [0.25, 0.3) is 0 Å². The van der Waals surface area contributed by atoms with Crippen molar-refractivity contribution in [3.8, 4) is 0 Å². The molecular weight excluding hydrogens is 604 g/mol. The molecule has 0 bridgehead atoms. The van der Waals surface area contributed by atoms with Crippen molar-refractivity contribution in [1.29, 1.82) is 0 Å². The van der Waals surface area contributed by atoms with Crippen molar-refractivity contribution in [3.63, 3.8) is 0 Å². The fraction of sp³-hybridized carbons (Fsp3) is 0.433. The number of amides is 2. The highest BCUT2D eigenvalue weighted by Crippen LogP contribution is 2.20. The van der Waals surface area contributed by atoms with E-state index in [-0.39, 0.29) is 30.6 Å². The number of carbonyl (C=O) groups is 2. The summed E-state index contributed by atoms with van der Waals surface area (Å²) < 4.78 is 57.2. The standard InChI is InChI=1S/C30H35ClF4N6O3/c31-28-23(7-3-9-25(28)32)16-36-18-27(42)38-24(8-4-10-40-11-13-41(14-12-40)20-30(33,34)35)19-44-29(43)39-26-15-21-5-1-2-6-22(21)17-37-26/h1-3,5-7,9,15,17,24,36H,4,8,10-14,16,18-20H2,(H,38,42)(H,37,39,43)/t24-/m0/s1. The summed E-state index contributed by atoms with van der Waals surface area (Å²) in [6.07, 6.45) is -2.23. The molecule has 44 heavy (non-hydrogen) atoms. The summed E-state index contributed by atoms with van der Waals surface area (Å²) in [7, 11) is 0. The Hall–Kier alpha value is -3.52. The largest absolute Gasteiger partial charge is 0.447 e. The van der Waals surface area contributed by atoms with Crippen LogP contribution in [0.1, 0.15) is 18.4 Å². The third-order valence-corrected chi connectivity index (χ3v) is 7.59. The number of halogens is 5. The second kappa shape index (κ2) is 16.0. The number of pyridine rings is 1. The van der Waals surface area contributed by atoms with E-state index in [1.165, 1.54) is 17.0 Å². The number of aromatic nitrogens is 1. The van der Waals surface area contributed by atoms with Crippen LogP contribution in [-0.2, 0) is 16.1 Å². The van der Waals surface area contributed by atoms with E-state index in [1.54, 1.807) is 18.3 Å². The van der Waals surface area contributed by atoms with Crippen LogP contribution in [0.4, 0.5) is 28.2 Å². The Morgan fingerprint density at radius 2 is 1.75 bits per heavy atom. The van der Waals surface area contributed by atoms with E-state index in [2.05, 4.69) is 25.8 Å². The summed E-state index contributed by atoms with van der Waals surface area (Å²) >= 11 is 5.98. The van der Waals surface area contributed by atoms with Crippen molar-refractivity contribution < 1.29 is 31.9 Å². The topological polar surface area (TPSA) is 98.8 Å². The van der Waals surface area contributed by atoms with E-state index in [0.717, 1.165) is 10.8 Å². The minimum Gasteiger partial charge on any atom is -0.447 e. The van der Waals surface area contributed by atoms with E-state index in [4.69, 9.17) is 16.3 Å². The summed E-state index contributed by atoms with van der Waals surface area (Å²) in [5.74, 6) is -0.589. The first kappa shape index (κ1) is 33.4. The molecule has 2 amide bonds. The quantitative estimate of drug-likeness (QED) is 0.231. The smallest absolute Gasteiger partial charge is 0.412 e.